The lowest BCUT2D eigenvalue weighted by Crippen LogP contribution is -2.62. The summed E-state index contributed by atoms with van der Waals surface area (Å²) in [6, 6.07) is 9.11. The van der Waals surface area contributed by atoms with Crippen molar-refractivity contribution < 1.29 is 63.3 Å². The Hall–Kier alpha value is -2.51. The zero-order valence-electron chi connectivity index (χ0n) is 27.2. The third-order valence-electron chi connectivity index (χ3n) is 8.00. The van der Waals surface area contributed by atoms with Gasteiger partial charge in [0.15, 0.2) is 25.0 Å². The Morgan fingerprint density at radius 2 is 1.72 bits per heavy atom. The molecule has 3 heterocycles. The van der Waals surface area contributed by atoms with Gasteiger partial charge in [-0.15, -0.1) is 0 Å². The summed E-state index contributed by atoms with van der Waals surface area (Å²) in [5, 5.41) is 55.1. The van der Waals surface area contributed by atoms with Gasteiger partial charge in [0.25, 0.3) is 0 Å². The molecule has 16 heteroatoms. The van der Waals surface area contributed by atoms with E-state index in [0.29, 0.717) is 25.8 Å². The molecule has 4 N–H and O–H groups in total. The fourth-order valence-corrected chi connectivity index (χ4v) is 5.58. The molecular weight excluding hydrogens is 624 g/mol. The number of rotatable bonds is 12. The van der Waals surface area contributed by atoms with Gasteiger partial charge in [0, 0.05) is 37.1 Å². The molecule has 1 amide bonds. The molecule has 0 saturated carbocycles. The molecule has 0 aliphatic carbocycles. The second-order valence-electron chi connectivity index (χ2n) is 13.1. The van der Waals surface area contributed by atoms with Crippen LogP contribution in [0.5, 0.6) is 0 Å². The molecule has 1 aromatic rings. The highest BCUT2D eigenvalue weighted by molar-refractivity contribution is 5.67. The molecule has 47 heavy (non-hydrogen) atoms. The minimum absolute atomic E-state index is 0.0221. The lowest BCUT2D eigenvalue weighted by atomic mass is 9.98. The molecule has 4 rings (SSSR count). The van der Waals surface area contributed by atoms with Crippen LogP contribution in [0.25, 0.3) is 0 Å². The number of ether oxygens (including phenoxy) is 7. The zero-order valence-corrected chi connectivity index (χ0v) is 27.2. The highest BCUT2D eigenvalue weighted by Gasteiger charge is 2.51. The van der Waals surface area contributed by atoms with E-state index < -0.39 is 90.9 Å². The van der Waals surface area contributed by atoms with E-state index in [2.05, 4.69) is 0 Å². The van der Waals surface area contributed by atoms with Crippen molar-refractivity contribution in [2.24, 2.45) is 0 Å². The zero-order chi connectivity index (χ0) is 34.3. The Labute approximate surface area is 273 Å². The maximum absolute atomic E-state index is 12.1. The second-order valence-corrected chi connectivity index (χ2v) is 13.1. The van der Waals surface area contributed by atoms with Crippen molar-refractivity contribution in [1.82, 2.24) is 4.90 Å². The summed E-state index contributed by atoms with van der Waals surface area (Å²) in [5.41, 5.74) is 0.138. The van der Waals surface area contributed by atoms with Gasteiger partial charge in [-0.05, 0) is 40.0 Å². The summed E-state index contributed by atoms with van der Waals surface area (Å²) in [5.74, 6) is 0. The Morgan fingerprint density at radius 1 is 1.00 bits per heavy atom. The summed E-state index contributed by atoms with van der Waals surface area (Å²) in [6.45, 7) is 5.11. The summed E-state index contributed by atoms with van der Waals surface area (Å²) in [4.78, 5) is 24.4. The van der Waals surface area contributed by atoms with E-state index in [-0.39, 0.29) is 19.6 Å². The van der Waals surface area contributed by atoms with Crippen molar-refractivity contribution in [3.63, 3.8) is 0 Å². The van der Waals surface area contributed by atoms with Crippen LogP contribution in [0, 0.1) is 10.1 Å². The first kappa shape index (κ1) is 37.3. The van der Waals surface area contributed by atoms with E-state index in [9.17, 15) is 35.3 Å². The van der Waals surface area contributed by atoms with Crippen molar-refractivity contribution in [3.8, 4) is 0 Å². The molecule has 3 saturated heterocycles. The summed E-state index contributed by atoms with van der Waals surface area (Å²) >= 11 is 0. The van der Waals surface area contributed by atoms with E-state index in [0.717, 1.165) is 5.56 Å². The predicted molar refractivity (Wildman–Crippen MR) is 161 cm³/mol. The van der Waals surface area contributed by atoms with Gasteiger partial charge in [-0.3, -0.25) is 10.1 Å². The standard InChI is InChI=1S/C31H48N2O14/c1-31(2,3)47-30(38)32(4)13-9-6-10-14-41-29-24(37)23(36)26(21(43-29)16-33(39)40)46-28-20(35)15-19(34)25-22(44-28)17-42-27(45-25)18-11-7-5-8-12-18/h5,7-8,11-12,19-29,34-37H,6,9-10,13-17H2,1-4H3/t19?,20?,21?,22?,23?,24?,25-,26-,27?,28+,29-/m1/s1. The van der Waals surface area contributed by atoms with Crippen LogP contribution in [-0.4, -0.2) is 137 Å². The lowest BCUT2D eigenvalue weighted by molar-refractivity contribution is -0.504. The van der Waals surface area contributed by atoms with Gasteiger partial charge in [0.1, 0.15) is 42.2 Å². The Balaban J connectivity index is 1.30. The van der Waals surface area contributed by atoms with Gasteiger partial charge < -0.3 is 58.5 Å². The van der Waals surface area contributed by atoms with Crippen molar-refractivity contribution >= 4 is 6.09 Å². The van der Waals surface area contributed by atoms with E-state index in [1.54, 1.807) is 27.8 Å². The molecule has 3 fully saturated rings. The minimum Gasteiger partial charge on any atom is -0.444 e. The van der Waals surface area contributed by atoms with E-state index >= 15 is 0 Å². The number of nitrogens with zero attached hydrogens (tertiary/aromatic N) is 2. The molecular formula is C31H48N2O14. The number of carbonyl (C=O) groups excluding carboxylic acids is 1. The number of unbranched alkanes of at least 4 members (excludes halogenated alkanes) is 2. The van der Waals surface area contributed by atoms with Crippen molar-refractivity contribution in [2.75, 3.05) is 33.4 Å². The summed E-state index contributed by atoms with van der Waals surface area (Å²) in [6.07, 6.45) is -13.0. The van der Waals surface area contributed by atoms with Crippen LogP contribution in [-0.2, 0) is 33.2 Å². The highest BCUT2D eigenvalue weighted by atomic mass is 16.8. The van der Waals surface area contributed by atoms with Crippen LogP contribution < -0.4 is 0 Å². The van der Waals surface area contributed by atoms with Gasteiger partial charge in [-0.1, -0.05) is 30.3 Å². The minimum atomic E-state index is -1.71. The third kappa shape index (κ3) is 10.5. The molecule has 1 aromatic carbocycles. The maximum atomic E-state index is 12.1. The predicted octanol–water partition coefficient (Wildman–Crippen LogP) is 1.10. The number of aliphatic hydroxyl groups excluding tert-OH is 4. The molecule has 3 aliphatic rings. The van der Waals surface area contributed by atoms with Crippen LogP contribution >= 0.6 is 0 Å². The van der Waals surface area contributed by atoms with E-state index in [1.165, 1.54) is 4.90 Å². The molecule has 0 radical (unpaired) electrons. The monoisotopic (exact) mass is 672 g/mol. The molecule has 3 aliphatic heterocycles. The Morgan fingerprint density at radius 3 is 2.40 bits per heavy atom. The normalized spacial score (nSPS) is 34.6. The van der Waals surface area contributed by atoms with Crippen molar-refractivity contribution in [3.05, 3.63) is 46.0 Å². The first-order chi connectivity index (χ1) is 22.2. The number of amides is 1. The van der Waals surface area contributed by atoms with Gasteiger partial charge in [-0.25, -0.2) is 4.79 Å². The van der Waals surface area contributed by atoms with Crippen LogP contribution in [0.4, 0.5) is 4.79 Å². The van der Waals surface area contributed by atoms with Crippen molar-refractivity contribution in [1.29, 1.82) is 0 Å². The van der Waals surface area contributed by atoms with Crippen LogP contribution in [0.1, 0.15) is 58.3 Å². The molecule has 0 aromatic heterocycles. The van der Waals surface area contributed by atoms with Gasteiger partial charge in [-0.2, -0.15) is 0 Å². The van der Waals surface area contributed by atoms with Crippen molar-refractivity contribution in [2.45, 2.75) is 120 Å². The molecule has 266 valence electrons. The maximum Gasteiger partial charge on any atom is 0.410 e. The first-order valence-corrected chi connectivity index (χ1v) is 15.9. The average molecular weight is 673 g/mol. The van der Waals surface area contributed by atoms with E-state index in [1.807, 2.05) is 30.3 Å². The van der Waals surface area contributed by atoms with Crippen LogP contribution in [0.15, 0.2) is 30.3 Å². The second kappa shape index (κ2) is 16.7. The number of aliphatic hydroxyl groups is 4. The SMILES string of the molecule is CN(CCCCCO[C@@H]1OC(C[N+](=O)[O-])[C@@H](O[C@@H]2OC3COC(c4ccccc4)O[C@@H]3C(O)CC2O)C(O)C1O)C(=O)OC(C)(C)C. The van der Waals surface area contributed by atoms with Gasteiger partial charge >= 0.3 is 6.09 Å². The summed E-state index contributed by atoms with van der Waals surface area (Å²) < 4.78 is 40.3. The molecule has 0 bridgehead atoms. The van der Waals surface area contributed by atoms with Gasteiger partial charge in [0.05, 0.1) is 12.7 Å². The fraction of sp³-hybridized carbons (Fsp3) is 0.774. The van der Waals surface area contributed by atoms with Crippen LogP contribution in [0.3, 0.4) is 0 Å². The number of fused-ring (bicyclic) bond motifs is 1. The molecule has 0 spiro atoms. The quantitative estimate of drug-likeness (QED) is 0.139. The molecule has 7 unspecified atom stereocenters. The topological polar surface area (TPSA) is 209 Å². The summed E-state index contributed by atoms with van der Waals surface area (Å²) in [7, 11) is 1.64. The molecule has 16 nitrogen and oxygen atoms in total. The fourth-order valence-electron chi connectivity index (χ4n) is 5.58. The largest absolute Gasteiger partial charge is 0.444 e. The number of hydrogen-bond acceptors (Lipinski definition) is 14. The Bertz CT molecular complexity index is 1140. The number of hydrogen-bond donors (Lipinski definition) is 4. The molecule has 11 atom stereocenters. The number of benzene rings is 1. The Kier molecular flexibility index (Phi) is 13.3. The average Bonchev–Trinajstić information content (AvgIpc) is 3.12. The highest BCUT2D eigenvalue weighted by Crippen LogP contribution is 2.35. The number of nitro groups is 1. The van der Waals surface area contributed by atoms with E-state index in [4.69, 9.17) is 33.2 Å². The van der Waals surface area contributed by atoms with Gasteiger partial charge in [0.2, 0.25) is 6.54 Å². The first-order valence-electron chi connectivity index (χ1n) is 15.9. The van der Waals surface area contributed by atoms with Crippen LogP contribution in [0.2, 0.25) is 0 Å². The number of carbonyl (C=O) groups is 1. The third-order valence-corrected chi connectivity index (χ3v) is 8.00. The lowest BCUT2D eigenvalue weighted by Gasteiger charge is -2.43. The smallest absolute Gasteiger partial charge is 0.410 e.